The molecule has 3 rings (SSSR count). The minimum Gasteiger partial charge on any atom is -0.442 e. The van der Waals surface area contributed by atoms with Crippen LogP contribution in [0.3, 0.4) is 0 Å². The number of ether oxygens (including phenoxy) is 2. The number of hydrogen-bond acceptors (Lipinski definition) is 8. The highest BCUT2D eigenvalue weighted by Crippen LogP contribution is 2.39. The molecule has 0 unspecified atom stereocenters. The van der Waals surface area contributed by atoms with Crippen molar-refractivity contribution in [3.8, 4) is 12.3 Å². The van der Waals surface area contributed by atoms with Crippen LogP contribution in [0.4, 0.5) is 15.0 Å². The molecule has 0 aromatic carbocycles. The van der Waals surface area contributed by atoms with Crippen molar-refractivity contribution in [2.75, 3.05) is 25.4 Å². The number of rotatable bonds is 5. The Kier molecular flexibility index (Phi) is 5.35. The number of nitrogens with zero attached hydrogens (tertiary/aromatic N) is 5. The maximum Gasteiger partial charge on any atom is 0.410 e. The molecule has 10 nitrogen and oxygen atoms in total. The van der Waals surface area contributed by atoms with Crippen LogP contribution in [-0.2, 0) is 9.47 Å². The van der Waals surface area contributed by atoms with E-state index in [4.69, 9.17) is 21.6 Å². The van der Waals surface area contributed by atoms with E-state index in [2.05, 4.69) is 20.9 Å². The highest BCUT2D eigenvalue weighted by atomic mass is 19.1. The number of carbonyl (C=O) groups excluding carboxylic acids is 1. The lowest BCUT2D eigenvalue weighted by molar-refractivity contribution is -0.0932. The lowest BCUT2D eigenvalue weighted by Gasteiger charge is -2.28. The maximum absolute atomic E-state index is 13.6. The Morgan fingerprint density at radius 1 is 1.57 bits per heavy atom. The van der Waals surface area contributed by atoms with Crippen molar-refractivity contribution >= 4 is 23.1 Å². The fraction of sp³-hybridized carbons (Fsp3) is 0.529. The normalized spacial score (nSPS) is 24.2. The number of hydrogen-bond donors (Lipinski definition) is 2. The van der Waals surface area contributed by atoms with Crippen LogP contribution in [0.15, 0.2) is 6.33 Å². The summed E-state index contributed by atoms with van der Waals surface area (Å²) in [4.78, 5) is 25.1. The minimum atomic E-state index is -1.55. The van der Waals surface area contributed by atoms with E-state index in [9.17, 15) is 14.3 Å². The van der Waals surface area contributed by atoms with Crippen LogP contribution < -0.4 is 5.73 Å². The van der Waals surface area contributed by atoms with E-state index in [0.29, 0.717) is 13.1 Å². The number of terminal acetylenes is 1. The van der Waals surface area contributed by atoms with Gasteiger partial charge in [0.05, 0.1) is 12.9 Å². The van der Waals surface area contributed by atoms with Crippen molar-refractivity contribution in [3.63, 3.8) is 0 Å². The van der Waals surface area contributed by atoms with Crippen LogP contribution in [0.2, 0.25) is 0 Å². The molecule has 0 aliphatic carbocycles. The van der Waals surface area contributed by atoms with E-state index < -0.39 is 36.7 Å². The molecule has 3 N–H and O–H groups in total. The lowest BCUT2D eigenvalue weighted by Crippen LogP contribution is -2.46. The number of nitrogens with two attached hydrogens (primary N) is 1. The molecule has 0 saturated carbocycles. The predicted octanol–water partition coefficient (Wildman–Crippen LogP) is 0.678. The van der Waals surface area contributed by atoms with Crippen LogP contribution in [0.25, 0.3) is 11.2 Å². The predicted molar refractivity (Wildman–Crippen MR) is 96.3 cm³/mol. The van der Waals surface area contributed by atoms with Gasteiger partial charge >= 0.3 is 12.2 Å². The van der Waals surface area contributed by atoms with Gasteiger partial charge in [-0.15, -0.1) is 6.42 Å². The van der Waals surface area contributed by atoms with Crippen LogP contribution >= 0.6 is 0 Å². The number of fused-ring (bicyclic) bond motifs is 1. The van der Waals surface area contributed by atoms with Gasteiger partial charge < -0.3 is 25.2 Å². The number of aliphatic hydroxyl groups excluding tert-OH is 1. The zero-order chi connectivity index (χ0) is 20.5. The van der Waals surface area contributed by atoms with Gasteiger partial charge in [-0.2, -0.15) is 14.4 Å². The molecule has 1 aliphatic rings. The summed E-state index contributed by atoms with van der Waals surface area (Å²) in [6, 6.07) is 0. The van der Waals surface area contributed by atoms with Gasteiger partial charge in [-0.1, -0.05) is 5.92 Å². The van der Waals surface area contributed by atoms with E-state index in [1.54, 1.807) is 0 Å². The van der Waals surface area contributed by atoms with Gasteiger partial charge in [-0.25, -0.2) is 9.78 Å². The number of nitrogen functional groups attached to an aromatic ring is 1. The molecule has 1 saturated heterocycles. The number of anilines is 1. The second-order valence-corrected chi connectivity index (χ2v) is 6.25. The molecule has 1 amide bonds. The summed E-state index contributed by atoms with van der Waals surface area (Å²) in [5.74, 6) is 2.27. The van der Waals surface area contributed by atoms with Gasteiger partial charge in [0.25, 0.3) is 0 Å². The first-order valence-corrected chi connectivity index (χ1v) is 8.76. The van der Waals surface area contributed by atoms with E-state index in [1.165, 1.54) is 15.8 Å². The summed E-state index contributed by atoms with van der Waals surface area (Å²) in [5, 5.41) is 9.87. The molecular formula is C17H21FN6O4. The summed E-state index contributed by atoms with van der Waals surface area (Å²) in [7, 11) is 0. The molecule has 2 aromatic heterocycles. The molecule has 1 aliphatic heterocycles. The van der Waals surface area contributed by atoms with Crippen molar-refractivity contribution < 1.29 is 23.8 Å². The van der Waals surface area contributed by atoms with Gasteiger partial charge in [0.1, 0.15) is 6.23 Å². The fourth-order valence-corrected chi connectivity index (χ4v) is 3.17. The Balaban J connectivity index is 1.94. The standard InChI is InChI=1S/C17H21FN6O4/c1-4-17(8-25)10(27-16(26)23(5-2)6-3)7-11(28-17)24-9-20-12-13(19)21-15(18)22-14(12)24/h1,9-11,25H,5-8H2,2-3H3,(H2,19,21,22)/t10-,11+,17+/m0/s1. The average molecular weight is 392 g/mol. The SMILES string of the molecule is C#C[C@]1(CO)O[C@@H](n2cnc3c(N)nc(F)nc32)C[C@@H]1OC(=O)N(CC)CC. The summed E-state index contributed by atoms with van der Waals surface area (Å²) < 4.78 is 26.4. The molecule has 28 heavy (non-hydrogen) atoms. The third-order valence-corrected chi connectivity index (χ3v) is 4.76. The smallest absolute Gasteiger partial charge is 0.410 e. The largest absolute Gasteiger partial charge is 0.442 e. The molecular weight excluding hydrogens is 371 g/mol. The quantitative estimate of drug-likeness (QED) is 0.561. The Morgan fingerprint density at radius 2 is 2.29 bits per heavy atom. The third kappa shape index (κ3) is 3.21. The lowest BCUT2D eigenvalue weighted by atomic mass is 9.98. The Morgan fingerprint density at radius 3 is 2.89 bits per heavy atom. The molecule has 0 spiro atoms. The van der Waals surface area contributed by atoms with Gasteiger partial charge in [-0.3, -0.25) is 4.57 Å². The molecule has 0 radical (unpaired) electrons. The second kappa shape index (κ2) is 7.57. The van der Waals surface area contributed by atoms with Crippen LogP contribution in [-0.4, -0.2) is 67.0 Å². The van der Waals surface area contributed by atoms with Crippen LogP contribution in [0, 0.1) is 18.4 Å². The minimum absolute atomic E-state index is 0.106. The number of amides is 1. The van der Waals surface area contributed by atoms with Crippen molar-refractivity contribution in [2.45, 2.75) is 38.2 Å². The summed E-state index contributed by atoms with van der Waals surface area (Å²) in [6.45, 7) is 3.96. The van der Waals surface area contributed by atoms with Gasteiger partial charge in [0.2, 0.25) is 0 Å². The number of imidazole rings is 1. The first-order valence-electron chi connectivity index (χ1n) is 8.76. The van der Waals surface area contributed by atoms with Crippen molar-refractivity contribution in [1.82, 2.24) is 24.4 Å². The first-order chi connectivity index (χ1) is 13.4. The zero-order valence-electron chi connectivity index (χ0n) is 15.5. The van der Waals surface area contributed by atoms with E-state index in [0.717, 1.165) is 0 Å². The number of aliphatic hydroxyl groups is 1. The molecule has 2 aromatic rings. The fourth-order valence-electron chi connectivity index (χ4n) is 3.17. The summed E-state index contributed by atoms with van der Waals surface area (Å²) in [6.07, 6.45) is 3.73. The number of aromatic nitrogens is 4. The Bertz CT molecular complexity index is 924. The van der Waals surface area contributed by atoms with E-state index in [-0.39, 0.29) is 23.4 Å². The second-order valence-electron chi connectivity index (χ2n) is 6.25. The Labute approximate surface area is 160 Å². The molecule has 3 heterocycles. The summed E-state index contributed by atoms with van der Waals surface area (Å²) >= 11 is 0. The molecule has 3 atom stereocenters. The molecule has 1 fully saturated rings. The third-order valence-electron chi connectivity index (χ3n) is 4.76. The van der Waals surface area contributed by atoms with Crippen molar-refractivity contribution in [2.24, 2.45) is 0 Å². The molecule has 11 heteroatoms. The van der Waals surface area contributed by atoms with Gasteiger partial charge in [0.15, 0.2) is 28.7 Å². The molecule has 150 valence electrons. The highest BCUT2D eigenvalue weighted by molar-refractivity contribution is 5.81. The zero-order valence-corrected chi connectivity index (χ0v) is 15.5. The van der Waals surface area contributed by atoms with E-state index in [1.807, 2.05) is 13.8 Å². The van der Waals surface area contributed by atoms with Crippen molar-refractivity contribution in [3.05, 3.63) is 12.4 Å². The monoisotopic (exact) mass is 392 g/mol. The van der Waals surface area contributed by atoms with Crippen LogP contribution in [0.5, 0.6) is 0 Å². The van der Waals surface area contributed by atoms with Gasteiger partial charge in [-0.05, 0) is 13.8 Å². The van der Waals surface area contributed by atoms with E-state index >= 15 is 0 Å². The highest BCUT2D eigenvalue weighted by Gasteiger charge is 2.51. The van der Waals surface area contributed by atoms with Gasteiger partial charge in [0, 0.05) is 19.5 Å². The Hall–Kier alpha value is -2.97. The summed E-state index contributed by atoms with van der Waals surface area (Å²) in [5.41, 5.74) is 4.43. The average Bonchev–Trinajstić information content (AvgIpc) is 3.24. The number of carbonyl (C=O) groups is 1. The maximum atomic E-state index is 13.6. The van der Waals surface area contributed by atoms with Crippen LogP contribution in [0.1, 0.15) is 26.5 Å². The van der Waals surface area contributed by atoms with Crippen molar-refractivity contribution in [1.29, 1.82) is 0 Å². The molecule has 0 bridgehead atoms. The first kappa shape index (κ1) is 19.8. The topological polar surface area (TPSA) is 129 Å². The number of halogens is 1.